The van der Waals surface area contributed by atoms with E-state index in [1.54, 1.807) is 6.20 Å². The van der Waals surface area contributed by atoms with Crippen LogP contribution in [0.25, 0.3) is 11.5 Å². The van der Waals surface area contributed by atoms with Gasteiger partial charge in [0.2, 0.25) is 0 Å². The Balaban J connectivity index is 2.10. The standard InChI is InChI=1S/C9H11N5O/c1-13-8-5-14(15)4-7(8)11-9(13)6-2-3-10-12-6/h2-3,15H,4-5H2,1H3,(H,10,12). The Labute approximate surface area is 86.1 Å². The average molecular weight is 205 g/mol. The number of hydrogen-bond donors (Lipinski definition) is 2. The molecule has 0 atom stereocenters. The summed E-state index contributed by atoms with van der Waals surface area (Å²) in [5, 5.41) is 17.5. The number of imidazole rings is 1. The molecule has 0 saturated heterocycles. The number of rotatable bonds is 1. The highest BCUT2D eigenvalue weighted by molar-refractivity contribution is 5.51. The van der Waals surface area contributed by atoms with Crippen molar-refractivity contribution in [2.75, 3.05) is 0 Å². The van der Waals surface area contributed by atoms with Crippen molar-refractivity contribution in [2.24, 2.45) is 7.05 Å². The van der Waals surface area contributed by atoms with Crippen molar-refractivity contribution >= 4 is 0 Å². The van der Waals surface area contributed by atoms with Gasteiger partial charge in [-0.2, -0.15) is 10.2 Å². The third-order valence-electron chi connectivity index (χ3n) is 2.69. The van der Waals surface area contributed by atoms with E-state index < -0.39 is 0 Å². The van der Waals surface area contributed by atoms with Crippen molar-refractivity contribution in [2.45, 2.75) is 13.1 Å². The summed E-state index contributed by atoms with van der Waals surface area (Å²) in [5.41, 5.74) is 2.81. The van der Waals surface area contributed by atoms with Gasteiger partial charge >= 0.3 is 0 Å². The molecule has 0 aromatic carbocycles. The Morgan fingerprint density at radius 2 is 2.33 bits per heavy atom. The van der Waals surface area contributed by atoms with Gasteiger partial charge in [0.25, 0.3) is 0 Å². The summed E-state index contributed by atoms with van der Waals surface area (Å²) in [5.74, 6) is 0.842. The number of H-pyrrole nitrogens is 1. The maximum absolute atomic E-state index is 9.34. The van der Waals surface area contributed by atoms with Crippen LogP contribution in [0.1, 0.15) is 11.4 Å². The molecule has 2 aromatic rings. The largest absolute Gasteiger partial charge is 0.328 e. The number of nitrogens with one attached hydrogen (secondary N) is 1. The molecule has 0 unspecified atom stereocenters. The second-order valence-corrected chi connectivity index (χ2v) is 3.67. The summed E-state index contributed by atoms with van der Waals surface area (Å²) in [6.45, 7) is 1.02. The first-order chi connectivity index (χ1) is 7.25. The zero-order chi connectivity index (χ0) is 10.4. The Bertz CT molecular complexity index is 487. The SMILES string of the molecule is Cn1c(-c2cc[nH]n2)nc2c1CN(O)C2. The van der Waals surface area contributed by atoms with E-state index in [0.717, 1.165) is 22.9 Å². The monoisotopic (exact) mass is 205 g/mol. The molecular weight excluding hydrogens is 194 g/mol. The van der Waals surface area contributed by atoms with Gasteiger partial charge in [0.1, 0.15) is 5.69 Å². The minimum Gasteiger partial charge on any atom is -0.328 e. The van der Waals surface area contributed by atoms with Gasteiger partial charge in [-0.1, -0.05) is 0 Å². The fourth-order valence-corrected chi connectivity index (χ4v) is 1.93. The summed E-state index contributed by atoms with van der Waals surface area (Å²) in [7, 11) is 1.94. The molecule has 2 aromatic heterocycles. The van der Waals surface area contributed by atoms with Crippen LogP contribution < -0.4 is 0 Å². The summed E-state index contributed by atoms with van der Waals surface area (Å²) >= 11 is 0. The molecule has 6 nitrogen and oxygen atoms in total. The number of nitrogens with zero attached hydrogens (tertiary/aromatic N) is 4. The number of hydrogen-bond acceptors (Lipinski definition) is 4. The molecule has 1 aliphatic rings. The first kappa shape index (κ1) is 8.63. The number of fused-ring (bicyclic) bond motifs is 1. The fourth-order valence-electron chi connectivity index (χ4n) is 1.93. The molecule has 0 fully saturated rings. The van der Waals surface area contributed by atoms with Crippen molar-refractivity contribution in [3.8, 4) is 11.5 Å². The van der Waals surface area contributed by atoms with E-state index in [4.69, 9.17) is 0 Å². The van der Waals surface area contributed by atoms with Crippen molar-refractivity contribution < 1.29 is 5.21 Å². The van der Waals surface area contributed by atoms with Crippen LogP contribution in [0.2, 0.25) is 0 Å². The van der Waals surface area contributed by atoms with Crippen molar-refractivity contribution in [1.29, 1.82) is 0 Å². The molecule has 0 bridgehead atoms. The quantitative estimate of drug-likeness (QED) is 0.711. The average Bonchev–Trinajstić information content (AvgIpc) is 2.84. The van der Waals surface area contributed by atoms with Crippen LogP contribution in [0.3, 0.4) is 0 Å². The van der Waals surface area contributed by atoms with Gasteiger partial charge in [0, 0.05) is 13.2 Å². The summed E-state index contributed by atoms with van der Waals surface area (Å²) in [6.07, 6.45) is 1.77. The van der Waals surface area contributed by atoms with Gasteiger partial charge in [0.05, 0.1) is 24.5 Å². The van der Waals surface area contributed by atoms with Crippen molar-refractivity contribution in [3.05, 3.63) is 23.7 Å². The van der Waals surface area contributed by atoms with Gasteiger partial charge in [-0.25, -0.2) is 4.98 Å². The molecule has 0 spiro atoms. The van der Waals surface area contributed by atoms with E-state index in [9.17, 15) is 5.21 Å². The predicted molar refractivity (Wildman–Crippen MR) is 51.8 cm³/mol. The van der Waals surface area contributed by atoms with Crippen LogP contribution in [0.15, 0.2) is 12.3 Å². The highest BCUT2D eigenvalue weighted by Gasteiger charge is 2.25. The van der Waals surface area contributed by atoms with E-state index in [1.807, 2.05) is 17.7 Å². The molecule has 3 rings (SSSR count). The highest BCUT2D eigenvalue weighted by Crippen LogP contribution is 2.25. The normalized spacial score (nSPS) is 15.9. The second kappa shape index (κ2) is 2.91. The zero-order valence-electron chi connectivity index (χ0n) is 8.30. The smallest absolute Gasteiger partial charge is 0.160 e. The second-order valence-electron chi connectivity index (χ2n) is 3.67. The lowest BCUT2D eigenvalue weighted by atomic mass is 10.4. The van der Waals surface area contributed by atoms with Crippen LogP contribution in [0.4, 0.5) is 0 Å². The third-order valence-corrected chi connectivity index (χ3v) is 2.69. The van der Waals surface area contributed by atoms with Crippen molar-refractivity contribution in [3.63, 3.8) is 0 Å². The van der Waals surface area contributed by atoms with Crippen LogP contribution in [0.5, 0.6) is 0 Å². The molecule has 6 heteroatoms. The van der Waals surface area contributed by atoms with E-state index in [0.29, 0.717) is 13.1 Å². The molecule has 1 aliphatic heterocycles. The van der Waals surface area contributed by atoms with E-state index in [1.165, 1.54) is 5.06 Å². The molecule has 78 valence electrons. The minimum atomic E-state index is 0.494. The molecule has 0 amide bonds. The first-order valence-electron chi connectivity index (χ1n) is 4.74. The maximum Gasteiger partial charge on any atom is 0.160 e. The number of hydroxylamine groups is 2. The molecule has 0 aliphatic carbocycles. The molecule has 0 saturated carbocycles. The lowest BCUT2D eigenvalue weighted by molar-refractivity contribution is -0.0984. The Hall–Kier alpha value is -1.66. The van der Waals surface area contributed by atoms with Crippen LogP contribution in [-0.4, -0.2) is 30.0 Å². The van der Waals surface area contributed by atoms with Crippen LogP contribution in [-0.2, 0) is 20.1 Å². The third kappa shape index (κ3) is 1.19. The number of aromatic amines is 1. The highest BCUT2D eigenvalue weighted by atomic mass is 16.5. The Morgan fingerprint density at radius 1 is 1.47 bits per heavy atom. The summed E-state index contributed by atoms with van der Waals surface area (Å²) in [4.78, 5) is 4.46. The zero-order valence-corrected chi connectivity index (χ0v) is 8.30. The van der Waals surface area contributed by atoms with Gasteiger partial charge < -0.3 is 9.77 Å². The van der Waals surface area contributed by atoms with E-state index in [2.05, 4.69) is 15.2 Å². The lowest BCUT2D eigenvalue weighted by Crippen LogP contribution is -2.12. The minimum absolute atomic E-state index is 0.494. The van der Waals surface area contributed by atoms with Gasteiger partial charge in [-0.05, 0) is 6.07 Å². The Morgan fingerprint density at radius 3 is 3.00 bits per heavy atom. The summed E-state index contributed by atoms with van der Waals surface area (Å²) < 4.78 is 1.97. The van der Waals surface area contributed by atoms with Gasteiger partial charge in [-0.3, -0.25) is 5.10 Å². The van der Waals surface area contributed by atoms with Gasteiger partial charge in [0.15, 0.2) is 5.82 Å². The summed E-state index contributed by atoms with van der Waals surface area (Å²) in [6, 6.07) is 1.88. The van der Waals surface area contributed by atoms with Gasteiger partial charge in [-0.15, -0.1) is 0 Å². The van der Waals surface area contributed by atoms with Crippen LogP contribution in [0, 0.1) is 0 Å². The molecule has 2 N–H and O–H groups in total. The Kier molecular flexibility index (Phi) is 1.68. The van der Waals surface area contributed by atoms with E-state index >= 15 is 0 Å². The molecule has 0 radical (unpaired) electrons. The fraction of sp³-hybridized carbons (Fsp3) is 0.333. The topological polar surface area (TPSA) is 70.0 Å². The molecule has 15 heavy (non-hydrogen) atoms. The van der Waals surface area contributed by atoms with Crippen molar-refractivity contribution in [1.82, 2.24) is 24.8 Å². The predicted octanol–water partition coefficient (Wildman–Crippen LogP) is 0.515. The number of aromatic nitrogens is 4. The van der Waals surface area contributed by atoms with E-state index in [-0.39, 0.29) is 0 Å². The first-order valence-corrected chi connectivity index (χ1v) is 4.74. The maximum atomic E-state index is 9.34. The molecular formula is C9H11N5O. The molecule has 3 heterocycles. The lowest BCUT2D eigenvalue weighted by Gasteiger charge is -2.06. The van der Waals surface area contributed by atoms with Crippen LogP contribution >= 0.6 is 0 Å².